The number of fused-ring (bicyclic) bond motifs is 2. The summed E-state index contributed by atoms with van der Waals surface area (Å²) in [5.74, 6) is -0.423. The zero-order chi connectivity index (χ0) is 26.1. The van der Waals surface area contributed by atoms with Crippen molar-refractivity contribution in [3.8, 4) is 11.3 Å². The first kappa shape index (κ1) is 24.9. The van der Waals surface area contributed by atoms with Gasteiger partial charge < -0.3 is 5.32 Å². The number of carbonyl (C=O) groups excluding carboxylic acids is 2. The minimum Gasteiger partial charge on any atom is -0.314 e. The molecule has 3 aromatic rings. The largest absolute Gasteiger partial charge is 0.314 e. The van der Waals surface area contributed by atoms with Gasteiger partial charge in [0.1, 0.15) is 6.33 Å². The highest BCUT2D eigenvalue weighted by Gasteiger charge is 2.72. The van der Waals surface area contributed by atoms with Crippen LogP contribution < -0.4 is 5.32 Å². The third-order valence-corrected chi connectivity index (χ3v) is 9.90. The maximum atomic E-state index is 12.9. The van der Waals surface area contributed by atoms with Crippen LogP contribution in [0.3, 0.4) is 0 Å². The van der Waals surface area contributed by atoms with Crippen molar-refractivity contribution in [2.24, 2.45) is 17.3 Å². The maximum absolute atomic E-state index is 12.9. The Morgan fingerprint density at radius 1 is 1.14 bits per heavy atom. The smallest absolute Gasteiger partial charge is 0.234 e. The van der Waals surface area contributed by atoms with Gasteiger partial charge in [-0.2, -0.15) is 0 Å². The third-order valence-electron chi connectivity index (χ3n) is 8.57. The number of hydrogen-bond acceptors (Lipinski definition) is 7. The second-order valence-electron chi connectivity index (χ2n) is 11.2. The zero-order valence-electron chi connectivity index (χ0n) is 21.7. The van der Waals surface area contributed by atoms with Crippen molar-refractivity contribution >= 4 is 45.0 Å². The molecule has 0 bridgehead atoms. The van der Waals surface area contributed by atoms with Crippen LogP contribution in [0.4, 0.5) is 0 Å². The molecule has 1 aromatic carbocycles. The van der Waals surface area contributed by atoms with Gasteiger partial charge in [0.05, 0.1) is 34.3 Å². The number of thiophene rings is 1. The molecule has 3 atom stereocenters. The van der Waals surface area contributed by atoms with Gasteiger partial charge >= 0.3 is 0 Å². The fraction of sp³-hybridized carbons (Fsp3) is 0.500. The number of imide groups is 1. The third kappa shape index (κ3) is 4.09. The number of aryl methyl sites for hydroxylation is 1. The minimum atomic E-state index is -0.203. The van der Waals surface area contributed by atoms with Crippen LogP contribution in [-0.2, 0) is 22.7 Å². The molecule has 194 valence electrons. The summed E-state index contributed by atoms with van der Waals surface area (Å²) in [6.45, 7) is 12.5. The molecule has 3 unspecified atom stereocenters. The van der Waals surface area contributed by atoms with Gasteiger partial charge in [-0.05, 0) is 48.1 Å². The van der Waals surface area contributed by atoms with E-state index in [-0.39, 0.29) is 29.1 Å². The average molecular weight is 538 g/mol. The highest BCUT2D eigenvalue weighted by Crippen LogP contribution is 2.63. The van der Waals surface area contributed by atoms with Crippen LogP contribution in [-0.4, -0.2) is 57.3 Å². The zero-order valence-corrected chi connectivity index (χ0v) is 23.2. The maximum Gasteiger partial charge on any atom is 0.234 e. The number of piperidine rings is 1. The standard InChI is InChI=1S/C28H32ClN5O2S/c1-5-17-11-30-6-7-33(17)13-20-15(2)8-16(29)9-19(20)24-25-21(31-14-32-24)10-18(37-25)12-34-26(35)22-23(27(34)36)28(22,3)4/h8-10,14,17,22-23,30H,5-7,11-13H2,1-4H3. The van der Waals surface area contributed by atoms with E-state index in [1.807, 2.05) is 32.0 Å². The van der Waals surface area contributed by atoms with E-state index < -0.39 is 0 Å². The second-order valence-corrected chi connectivity index (χ2v) is 12.7. The molecule has 1 saturated carbocycles. The Hall–Kier alpha value is -2.39. The summed E-state index contributed by atoms with van der Waals surface area (Å²) in [6, 6.07) is 6.51. The first-order valence-corrected chi connectivity index (χ1v) is 14.2. The molecule has 1 N–H and O–H groups in total. The lowest BCUT2D eigenvalue weighted by atomic mass is 9.97. The highest BCUT2D eigenvalue weighted by atomic mass is 35.5. The number of benzene rings is 1. The number of rotatable bonds is 6. The summed E-state index contributed by atoms with van der Waals surface area (Å²) >= 11 is 8.13. The van der Waals surface area contributed by atoms with Gasteiger partial charge in [-0.1, -0.05) is 32.4 Å². The predicted molar refractivity (Wildman–Crippen MR) is 146 cm³/mol. The van der Waals surface area contributed by atoms with Crippen LogP contribution in [0.1, 0.15) is 43.2 Å². The molecule has 2 amide bonds. The van der Waals surface area contributed by atoms with Crippen LogP contribution in [0.5, 0.6) is 0 Å². The summed E-state index contributed by atoms with van der Waals surface area (Å²) in [6.07, 6.45) is 2.69. The first-order chi connectivity index (χ1) is 17.7. The normalized spacial score (nSPS) is 25.2. The summed E-state index contributed by atoms with van der Waals surface area (Å²) in [7, 11) is 0. The molecule has 3 aliphatic rings. The SMILES string of the molecule is CCC1CNCCN1Cc1c(C)cc(Cl)cc1-c1ncnc2cc(CN3C(=O)C4C(C3=O)C4(C)C)sc12. The molecule has 2 aliphatic heterocycles. The van der Waals surface area contributed by atoms with Gasteiger partial charge in [0.25, 0.3) is 0 Å². The number of hydrogen-bond donors (Lipinski definition) is 1. The Morgan fingerprint density at radius 2 is 1.89 bits per heavy atom. The predicted octanol–water partition coefficient (Wildman–Crippen LogP) is 4.64. The monoisotopic (exact) mass is 537 g/mol. The van der Waals surface area contributed by atoms with Gasteiger partial charge in [-0.15, -0.1) is 11.3 Å². The van der Waals surface area contributed by atoms with Crippen molar-refractivity contribution in [3.63, 3.8) is 0 Å². The number of piperazine rings is 1. The Morgan fingerprint density at radius 3 is 2.62 bits per heavy atom. The van der Waals surface area contributed by atoms with Crippen LogP contribution >= 0.6 is 22.9 Å². The van der Waals surface area contributed by atoms with Crippen LogP contribution in [0, 0.1) is 24.2 Å². The first-order valence-electron chi connectivity index (χ1n) is 13.0. The van der Waals surface area contributed by atoms with E-state index in [0.717, 1.165) is 64.5 Å². The molecule has 6 rings (SSSR count). The Labute approximate surface area is 226 Å². The van der Waals surface area contributed by atoms with Crippen molar-refractivity contribution in [3.05, 3.63) is 45.6 Å². The van der Waals surface area contributed by atoms with E-state index in [1.54, 1.807) is 17.7 Å². The van der Waals surface area contributed by atoms with Gasteiger partial charge in [-0.25, -0.2) is 9.97 Å². The van der Waals surface area contributed by atoms with Crippen molar-refractivity contribution in [2.75, 3.05) is 19.6 Å². The topological polar surface area (TPSA) is 78.4 Å². The number of amides is 2. The molecular weight excluding hydrogens is 506 g/mol. The highest BCUT2D eigenvalue weighted by molar-refractivity contribution is 7.19. The Kier molecular flexibility index (Phi) is 6.14. The molecule has 1 aliphatic carbocycles. The lowest BCUT2D eigenvalue weighted by Crippen LogP contribution is -2.50. The van der Waals surface area contributed by atoms with Gasteiger partial charge in [0, 0.05) is 47.7 Å². The molecule has 7 nitrogen and oxygen atoms in total. The number of nitrogens with one attached hydrogen (secondary N) is 1. The van der Waals surface area contributed by atoms with E-state index in [0.29, 0.717) is 17.6 Å². The Bertz CT molecular complexity index is 1400. The molecule has 37 heavy (non-hydrogen) atoms. The fourth-order valence-electron chi connectivity index (χ4n) is 6.30. The van der Waals surface area contributed by atoms with Gasteiger partial charge in [-0.3, -0.25) is 19.4 Å². The van der Waals surface area contributed by atoms with Crippen molar-refractivity contribution < 1.29 is 9.59 Å². The minimum absolute atomic E-state index is 0.0435. The molecule has 9 heteroatoms. The van der Waals surface area contributed by atoms with E-state index in [4.69, 9.17) is 16.6 Å². The summed E-state index contributed by atoms with van der Waals surface area (Å²) in [5, 5.41) is 4.19. The quantitative estimate of drug-likeness (QED) is 0.461. The van der Waals surface area contributed by atoms with Crippen LogP contribution in [0.25, 0.3) is 21.5 Å². The van der Waals surface area contributed by atoms with Gasteiger partial charge in [0.15, 0.2) is 0 Å². The molecule has 3 fully saturated rings. The molecule has 2 saturated heterocycles. The van der Waals surface area contributed by atoms with Crippen LogP contribution in [0.2, 0.25) is 5.02 Å². The molecular formula is C28H32ClN5O2S. The van der Waals surface area contributed by atoms with Gasteiger partial charge in [0.2, 0.25) is 11.8 Å². The second kappa shape index (κ2) is 9.12. The number of aromatic nitrogens is 2. The summed E-state index contributed by atoms with van der Waals surface area (Å²) in [5.41, 5.74) is 4.88. The lowest BCUT2D eigenvalue weighted by molar-refractivity contribution is -0.143. The van der Waals surface area contributed by atoms with E-state index >= 15 is 0 Å². The number of carbonyl (C=O) groups is 2. The molecule has 0 spiro atoms. The molecule has 2 aromatic heterocycles. The molecule has 4 heterocycles. The van der Waals surface area contributed by atoms with Crippen LogP contribution in [0.15, 0.2) is 24.5 Å². The summed E-state index contributed by atoms with van der Waals surface area (Å²) < 4.78 is 0.956. The Balaban J connectivity index is 1.35. The number of nitrogens with zero attached hydrogens (tertiary/aromatic N) is 4. The fourth-order valence-corrected chi connectivity index (χ4v) is 7.67. The van der Waals surface area contributed by atoms with E-state index in [1.165, 1.54) is 10.5 Å². The van der Waals surface area contributed by atoms with Crippen molar-refractivity contribution in [1.29, 1.82) is 0 Å². The average Bonchev–Trinajstić information content (AvgIpc) is 3.11. The van der Waals surface area contributed by atoms with E-state index in [9.17, 15) is 9.59 Å². The van der Waals surface area contributed by atoms with E-state index in [2.05, 4.69) is 29.0 Å². The van der Waals surface area contributed by atoms with Crippen molar-refractivity contribution in [2.45, 2.75) is 53.2 Å². The lowest BCUT2D eigenvalue weighted by Gasteiger charge is -2.36. The summed E-state index contributed by atoms with van der Waals surface area (Å²) in [4.78, 5) is 40.0. The molecule has 0 radical (unpaired) electrons. The van der Waals surface area contributed by atoms with Crippen molar-refractivity contribution in [1.82, 2.24) is 25.1 Å². The number of likely N-dealkylation sites (tertiary alicyclic amines) is 1. The number of halogens is 1.